The van der Waals surface area contributed by atoms with Crippen LogP contribution >= 0.6 is 0 Å². The van der Waals surface area contributed by atoms with E-state index < -0.39 is 17.0 Å². The van der Waals surface area contributed by atoms with Gasteiger partial charge in [-0.15, -0.1) is 0 Å². The number of para-hydroxylation sites is 1. The van der Waals surface area contributed by atoms with Crippen LogP contribution in [0.4, 0.5) is 5.69 Å². The Morgan fingerprint density at radius 1 is 1.05 bits per heavy atom. The Labute approximate surface area is 213 Å². The molecule has 0 bridgehead atoms. The number of nitrogens with one attached hydrogen (secondary N) is 1. The minimum Gasteiger partial charge on any atom is -0.379 e. The molecule has 0 saturated carbocycles. The first-order valence-electron chi connectivity index (χ1n) is 12.7. The van der Waals surface area contributed by atoms with E-state index in [1.807, 2.05) is 24.3 Å². The van der Waals surface area contributed by atoms with Crippen LogP contribution in [0.15, 0.2) is 48.5 Å². The molecule has 2 aromatic carbocycles. The van der Waals surface area contributed by atoms with Gasteiger partial charge in [0, 0.05) is 61.3 Å². The zero-order valence-electron chi connectivity index (χ0n) is 20.5. The number of hydrogen-bond donors (Lipinski definition) is 1. The van der Waals surface area contributed by atoms with Gasteiger partial charge in [-0.2, -0.15) is 0 Å². The minimum atomic E-state index is -0.652. The summed E-state index contributed by atoms with van der Waals surface area (Å²) in [6, 6.07) is 13.0. The summed E-state index contributed by atoms with van der Waals surface area (Å²) < 4.78 is 5.41. The molecule has 6 rings (SSSR count). The molecular weight excluding hydrogens is 474 g/mol. The Morgan fingerprint density at radius 3 is 2.68 bits per heavy atom. The molecule has 37 heavy (non-hydrogen) atoms. The predicted octanol–water partition coefficient (Wildman–Crippen LogP) is 2.48. The quantitative estimate of drug-likeness (QED) is 0.409. The van der Waals surface area contributed by atoms with Crippen molar-refractivity contribution in [1.29, 1.82) is 0 Å². The van der Waals surface area contributed by atoms with Gasteiger partial charge < -0.3 is 19.5 Å². The molecule has 0 aliphatic carbocycles. The van der Waals surface area contributed by atoms with Gasteiger partial charge in [0.2, 0.25) is 11.8 Å². The molecule has 1 aromatic heterocycles. The van der Waals surface area contributed by atoms with Gasteiger partial charge in [0.15, 0.2) is 0 Å². The molecule has 10 heteroatoms. The number of rotatable bonds is 6. The number of carbonyl (C=O) groups excluding carboxylic acids is 2. The predicted molar refractivity (Wildman–Crippen MR) is 136 cm³/mol. The van der Waals surface area contributed by atoms with Crippen molar-refractivity contribution in [3.05, 3.63) is 75.5 Å². The Bertz CT molecular complexity index is 1360. The molecule has 1 N–H and O–H groups in total. The number of carbonyl (C=O) groups is 2. The number of hydrogen-bond acceptors (Lipinski definition) is 6. The SMILES string of the molecule is O=C1[C@@H]2Cc3c([nH]c4ccccc34)[C@H](c3cccc([N+](=O)[O-])c3)N2C(=O)CN1CCCN1CCOCC1. The van der Waals surface area contributed by atoms with E-state index in [0.29, 0.717) is 18.5 Å². The number of H-pyrrole nitrogens is 1. The Kier molecular flexibility index (Phi) is 6.13. The second-order valence-corrected chi connectivity index (χ2v) is 9.91. The summed E-state index contributed by atoms with van der Waals surface area (Å²) in [5, 5.41) is 12.5. The fourth-order valence-corrected chi connectivity index (χ4v) is 5.98. The van der Waals surface area contributed by atoms with Gasteiger partial charge in [-0.05, 0) is 23.6 Å². The number of morpholine rings is 1. The number of nitrogens with zero attached hydrogens (tertiary/aromatic N) is 4. The molecule has 3 aliphatic heterocycles. The Balaban J connectivity index is 1.34. The van der Waals surface area contributed by atoms with Crippen molar-refractivity contribution in [2.45, 2.75) is 24.9 Å². The first-order valence-corrected chi connectivity index (χ1v) is 12.7. The molecule has 3 aromatic rings. The zero-order chi connectivity index (χ0) is 25.5. The first-order chi connectivity index (χ1) is 18.0. The van der Waals surface area contributed by atoms with E-state index in [9.17, 15) is 19.7 Å². The van der Waals surface area contributed by atoms with Crippen LogP contribution in [0.25, 0.3) is 10.9 Å². The molecule has 0 spiro atoms. The van der Waals surface area contributed by atoms with E-state index in [2.05, 4.69) is 9.88 Å². The van der Waals surface area contributed by atoms with E-state index in [1.54, 1.807) is 21.9 Å². The summed E-state index contributed by atoms with van der Waals surface area (Å²) in [6.45, 7) is 4.62. The number of fused-ring (bicyclic) bond motifs is 4. The van der Waals surface area contributed by atoms with Gasteiger partial charge in [-0.3, -0.25) is 24.6 Å². The number of aromatic nitrogens is 1. The maximum atomic E-state index is 13.8. The van der Waals surface area contributed by atoms with Crippen molar-refractivity contribution in [3.8, 4) is 0 Å². The van der Waals surface area contributed by atoms with Gasteiger partial charge in [-0.25, -0.2) is 0 Å². The van der Waals surface area contributed by atoms with Gasteiger partial charge >= 0.3 is 0 Å². The van der Waals surface area contributed by atoms with Gasteiger partial charge in [0.25, 0.3) is 5.69 Å². The Hall–Kier alpha value is -3.76. The largest absolute Gasteiger partial charge is 0.379 e. The average molecular weight is 504 g/mol. The molecule has 2 atom stereocenters. The molecule has 192 valence electrons. The fraction of sp³-hybridized carbons (Fsp3) is 0.407. The number of piperazine rings is 1. The van der Waals surface area contributed by atoms with Crippen LogP contribution < -0.4 is 0 Å². The highest BCUT2D eigenvalue weighted by atomic mass is 16.6. The summed E-state index contributed by atoms with van der Waals surface area (Å²) in [7, 11) is 0. The molecule has 2 amide bonds. The number of nitro benzene ring substituents is 1. The van der Waals surface area contributed by atoms with Crippen molar-refractivity contribution in [2.75, 3.05) is 45.9 Å². The van der Waals surface area contributed by atoms with E-state index in [4.69, 9.17) is 4.74 Å². The maximum absolute atomic E-state index is 13.8. The van der Waals surface area contributed by atoms with Crippen LogP contribution in [0.5, 0.6) is 0 Å². The van der Waals surface area contributed by atoms with E-state index in [1.165, 1.54) is 12.1 Å². The Morgan fingerprint density at radius 2 is 1.86 bits per heavy atom. The van der Waals surface area contributed by atoms with Crippen LogP contribution in [0, 0.1) is 10.1 Å². The highest BCUT2D eigenvalue weighted by molar-refractivity contribution is 5.97. The lowest BCUT2D eigenvalue weighted by Crippen LogP contribution is -2.63. The third-order valence-corrected chi connectivity index (χ3v) is 7.75. The lowest BCUT2D eigenvalue weighted by molar-refractivity contribution is -0.384. The minimum absolute atomic E-state index is 0.0133. The van der Waals surface area contributed by atoms with E-state index in [-0.39, 0.29) is 24.0 Å². The normalized spacial score (nSPS) is 22.3. The molecule has 2 saturated heterocycles. The second kappa shape index (κ2) is 9.60. The number of amides is 2. The smallest absolute Gasteiger partial charge is 0.269 e. The average Bonchev–Trinajstić information content (AvgIpc) is 3.29. The summed E-state index contributed by atoms with van der Waals surface area (Å²) in [4.78, 5) is 47.6. The molecule has 0 unspecified atom stereocenters. The standard InChI is InChI=1S/C27H29N5O5/c33-24-17-30(10-4-9-29-11-13-37-14-12-29)27(34)23-16-21-20-7-1-2-8-22(20)28-25(21)26(31(23)24)18-5-3-6-19(15-18)32(35)36/h1-3,5-8,15,23,26,28H,4,9-14,16-17H2/t23-,26-/m0/s1. The number of ether oxygens (including phenoxy) is 1. The van der Waals surface area contributed by atoms with E-state index in [0.717, 1.165) is 61.4 Å². The van der Waals surface area contributed by atoms with Crippen LogP contribution in [0.2, 0.25) is 0 Å². The van der Waals surface area contributed by atoms with Crippen molar-refractivity contribution in [2.24, 2.45) is 0 Å². The van der Waals surface area contributed by atoms with Gasteiger partial charge in [-0.1, -0.05) is 30.3 Å². The van der Waals surface area contributed by atoms with Gasteiger partial charge in [0.1, 0.15) is 6.04 Å². The maximum Gasteiger partial charge on any atom is 0.269 e. The van der Waals surface area contributed by atoms with Crippen molar-refractivity contribution < 1.29 is 19.2 Å². The molecule has 10 nitrogen and oxygen atoms in total. The topological polar surface area (TPSA) is 112 Å². The third kappa shape index (κ3) is 4.25. The number of benzene rings is 2. The number of nitro groups is 1. The van der Waals surface area contributed by atoms with Crippen LogP contribution in [0.1, 0.15) is 29.3 Å². The second-order valence-electron chi connectivity index (χ2n) is 9.91. The van der Waals surface area contributed by atoms with Crippen LogP contribution in [-0.2, 0) is 20.7 Å². The molecule has 0 radical (unpaired) electrons. The lowest BCUT2D eigenvalue weighted by atomic mass is 9.86. The summed E-state index contributed by atoms with van der Waals surface area (Å²) in [6.07, 6.45) is 1.20. The van der Waals surface area contributed by atoms with Crippen molar-refractivity contribution >= 4 is 28.4 Å². The lowest BCUT2D eigenvalue weighted by Gasteiger charge is -2.47. The van der Waals surface area contributed by atoms with Crippen LogP contribution in [-0.4, -0.2) is 88.4 Å². The van der Waals surface area contributed by atoms with Gasteiger partial charge in [0.05, 0.1) is 30.7 Å². The zero-order valence-corrected chi connectivity index (χ0v) is 20.5. The summed E-state index contributed by atoms with van der Waals surface area (Å²) >= 11 is 0. The first kappa shape index (κ1) is 23.6. The molecular formula is C27H29N5O5. The molecule has 4 heterocycles. The summed E-state index contributed by atoms with van der Waals surface area (Å²) in [5.74, 6) is -0.204. The monoisotopic (exact) mass is 503 g/mol. The van der Waals surface area contributed by atoms with Crippen molar-refractivity contribution in [3.63, 3.8) is 0 Å². The van der Waals surface area contributed by atoms with E-state index >= 15 is 0 Å². The summed E-state index contributed by atoms with van der Waals surface area (Å²) in [5.41, 5.74) is 3.31. The number of non-ortho nitro benzene ring substituents is 1. The van der Waals surface area contributed by atoms with Crippen molar-refractivity contribution in [1.82, 2.24) is 19.7 Å². The highest BCUT2D eigenvalue weighted by Crippen LogP contribution is 2.43. The molecule has 2 fully saturated rings. The molecule has 3 aliphatic rings. The fourth-order valence-electron chi connectivity index (χ4n) is 5.98. The third-order valence-electron chi connectivity index (χ3n) is 7.75. The highest BCUT2D eigenvalue weighted by Gasteiger charge is 2.48. The number of aromatic amines is 1. The van der Waals surface area contributed by atoms with Crippen LogP contribution in [0.3, 0.4) is 0 Å².